The summed E-state index contributed by atoms with van der Waals surface area (Å²) in [5.74, 6) is -49.9. The molecule has 0 fully saturated rings. The van der Waals surface area contributed by atoms with E-state index in [0.29, 0.717) is 64.7 Å². The largest absolute Gasteiger partial charge is 0.476 e. The number of allylic oxidation sites excluding steroid dienone is 3. The zero-order valence-corrected chi connectivity index (χ0v) is 56.4. The number of ether oxygens (including phenoxy) is 4. The predicted octanol–water partition coefficient (Wildman–Crippen LogP) is 17.8. The maximum absolute atomic E-state index is 16.7. The maximum atomic E-state index is 16.7. The molecule has 0 aromatic heterocycles. The summed E-state index contributed by atoms with van der Waals surface area (Å²) in [7, 11) is -20.7. The van der Waals surface area contributed by atoms with Gasteiger partial charge in [0.15, 0.2) is 64.2 Å². The third kappa shape index (κ3) is 12.0. The van der Waals surface area contributed by atoms with E-state index < -0.39 is 250 Å². The van der Waals surface area contributed by atoms with Gasteiger partial charge in [0.2, 0.25) is 52.2 Å². The first kappa shape index (κ1) is 74.7. The van der Waals surface area contributed by atoms with Crippen LogP contribution in [0.5, 0.6) is 34.5 Å². The highest BCUT2D eigenvalue weighted by molar-refractivity contribution is 7.90. The molecule has 16 nitrogen and oxygen atoms in total. The van der Waals surface area contributed by atoms with Gasteiger partial charge in [-0.1, -0.05) is 78.9 Å². The lowest BCUT2D eigenvalue weighted by atomic mass is 9.68. The third-order valence-corrected chi connectivity index (χ3v) is 21.7. The molecule has 0 amide bonds. The van der Waals surface area contributed by atoms with Gasteiger partial charge in [0, 0.05) is 29.0 Å². The van der Waals surface area contributed by atoms with E-state index in [4.69, 9.17) is 18.9 Å². The molecule has 3 aliphatic carbocycles. The van der Waals surface area contributed by atoms with Crippen molar-refractivity contribution in [2.24, 2.45) is 0 Å². The molecule has 554 valence electrons. The molecule has 13 rings (SSSR count). The van der Waals surface area contributed by atoms with Crippen molar-refractivity contribution in [3.05, 3.63) is 282 Å². The van der Waals surface area contributed by atoms with E-state index in [0.717, 1.165) is 43.3 Å². The molecule has 0 aliphatic heterocycles. The zero-order chi connectivity index (χ0) is 77.8. The van der Waals surface area contributed by atoms with Crippen molar-refractivity contribution in [3.63, 3.8) is 0 Å². The first-order chi connectivity index (χ1) is 50.0. The fourth-order valence-electron chi connectivity index (χ4n) is 13.3. The lowest BCUT2D eigenvalue weighted by molar-refractivity contribution is 0.0729. The Bertz CT molecular complexity index is 6050. The van der Waals surface area contributed by atoms with Crippen molar-refractivity contribution >= 4 is 57.3 Å². The molecule has 4 N–H and O–H groups in total. The van der Waals surface area contributed by atoms with Crippen LogP contribution < -0.4 is 18.9 Å². The molecule has 10 aromatic carbocycles. The van der Waals surface area contributed by atoms with Crippen molar-refractivity contribution in [3.8, 4) is 56.8 Å². The fraction of sp³-hybridized carbons (Fsp3) is 0.0986. The standard InChI is InChI=1S/C71H38F16O16S4/c1-69(28-38(107(97,98)99)26-30-25-36(105(91,92)93)20-22-42(30)69)103-66-59(82)53(76)48(54(77)60(66)83)70(2)67(86)61(84)65(62(85)68(70)87)101-34-17-13-32(14-18-34)71(43-9-5-3-7-40(43)41-8-4-6-10-44(41)71)31-11-15-33(16-12-31)100-63-55(78)49(72)46(50(73)56(63)79)47-51(74)57(80)64(58(81)52(47)75)102-45-27-37(106(94,95)96)24-29-23-35(104(88,89)90)19-21-39(29)45/h3-27,67H,28H2,1-2H3,(H,88,89,90)(H,91,92,93)(H,94,95,96)(H,97,98,99). The number of halogens is 16. The van der Waals surface area contributed by atoms with Crippen LogP contribution in [0, 0.1) is 69.8 Å². The van der Waals surface area contributed by atoms with Crippen LogP contribution in [0.3, 0.4) is 0 Å². The van der Waals surface area contributed by atoms with E-state index in [-0.39, 0.29) is 23.6 Å². The number of benzene rings is 10. The second-order valence-corrected chi connectivity index (χ2v) is 30.3. The summed E-state index contributed by atoms with van der Waals surface area (Å²) >= 11 is 0. The SMILES string of the molecule is CC1(Oc2c(F)c(F)c(C3(C)C(F)=C(F)C(Oc4ccc(C5(c6ccc(Oc7c(F)c(F)c(-c8c(F)c(F)c(Oc9cc(S(=O)(=O)O)cc%10cc(S(=O)(=O)O)ccc9%10)c(F)c8F)c(F)c7F)cc6)c6ccccc6-c6ccccc65)cc4)=C(F)C3F)c(F)c2F)CC(S(=O)(=O)O)=Cc2cc(S(=O)(=O)O)ccc21. The molecule has 0 saturated heterocycles. The molecule has 0 bridgehead atoms. The summed E-state index contributed by atoms with van der Waals surface area (Å²) in [5, 5.41) is -1.07. The van der Waals surface area contributed by atoms with Crippen molar-refractivity contribution in [2.45, 2.75) is 57.6 Å². The van der Waals surface area contributed by atoms with Crippen LogP contribution >= 0.6 is 0 Å². The number of fused-ring (bicyclic) bond motifs is 5. The average molecular weight is 1580 g/mol. The van der Waals surface area contributed by atoms with Gasteiger partial charge in [-0.15, -0.1) is 0 Å². The molecular formula is C71H38F16O16S4. The van der Waals surface area contributed by atoms with E-state index in [1.807, 2.05) is 0 Å². The molecule has 0 heterocycles. The minimum absolute atomic E-state index is 0.129. The first-order valence-electron chi connectivity index (χ1n) is 30.1. The number of hydrogen-bond donors (Lipinski definition) is 4. The van der Waals surface area contributed by atoms with Gasteiger partial charge in [0.25, 0.3) is 40.5 Å². The summed E-state index contributed by atoms with van der Waals surface area (Å²) in [4.78, 5) is -3.99. The van der Waals surface area contributed by atoms with Crippen LogP contribution in [-0.4, -0.2) is 58.1 Å². The Morgan fingerprint density at radius 2 is 0.860 bits per heavy atom. The van der Waals surface area contributed by atoms with Crippen LogP contribution in [0.25, 0.3) is 39.1 Å². The number of alkyl halides is 1. The van der Waals surface area contributed by atoms with Crippen LogP contribution in [-0.2, 0) is 56.9 Å². The Morgan fingerprint density at radius 1 is 0.430 bits per heavy atom. The van der Waals surface area contributed by atoms with E-state index in [1.54, 1.807) is 48.5 Å². The molecule has 3 unspecified atom stereocenters. The van der Waals surface area contributed by atoms with E-state index in [1.165, 1.54) is 24.3 Å². The average Bonchev–Trinajstić information content (AvgIpc) is 1.53. The first-order valence-corrected chi connectivity index (χ1v) is 35.9. The van der Waals surface area contributed by atoms with Crippen LogP contribution in [0.4, 0.5) is 70.2 Å². The lowest BCUT2D eigenvalue weighted by Crippen LogP contribution is -2.42. The van der Waals surface area contributed by atoms with Crippen molar-refractivity contribution in [2.75, 3.05) is 0 Å². The summed E-state index contributed by atoms with van der Waals surface area (Å²) in [6, 6.07) is 27.5. The summed E-state index contributed by atoms with van der Waals surface area (Å²) in [5.41, 5.74) is -13.5. The van der Waals surface area contributed by atoms with Gasteiger partial charge in [-0.3, -0.25) is 18.2 Å². The van der Waals surface area contributed by atoms with Crippen molar-refractivity contribution < 1.29 is 141 Å². The lowest BCUT2D eigenvalue weighted by Gasteiger charge is -2.37. The minimum atomic E-state index is -5.32. The second-order valence-electron chi connectivity index (χ2n) is 24.5. The van der Waals surface area contributed by atoms with Gasteiger partial charge >= 0.3 is 0 Å². The van der Waals surface area contributed by atoms with Gasteiger partial charge < -0.3 is 18.9 Å². The monoisotopic (exact) mass is 1580 g/mol. The van der Waals surface area contributed by atoms with Crippen LogP contribution in [0.15, 0.2) is 188 Å². The third-order valence-electron chi connectivity index (χ3n) is 18.2. The van der Waals surface area contributed by atoms with Gasteiger partial charge in [0.1, 0.15) is 22.8 Å². The molecule has 0 spiro atoms. The highest BCUT2D eigenvalue weighted by Crippen LogP contribution is 2.58. The summed E-state index contributed by atoms with van der Waals surface area (Å²) in [6.45, 7) is 0.981. The minimum Gasteiger partial charge on any atom is -0.476 e. The van der Waals surface area contributed by atoms with Gasteiger partial charge in [-0.05, 0) is 125 Å². The Hall–Kier alpha value is -10.6. The molecule has 0 radical (unpaired) electrons. The van der Waals surface area contributed by atoms with E-state index >= 15 is 70.2 Å². The molecule has 36 heteroatoms. The van der Waals surface area contributed by atoms with Crippen molar-refractivity contribution in [1.82, 2.24) is 0 Å². The summed E-state index contributed by atoms with van der Waals surface area (Å²) < 4.78 is 416. The number of hydrogen-bond acceptors (Lipinski definition) is 12. The maximum Gasteiger partial charge on any atom is 0.294 e. The number of rotatable bonds is 16. The Labute approximate surface area is 592 Å². The van der Waals surface area contributed by atoms with Gasteiger partial charge in [0.05, 0.1) is 41.5 Å². The van der Waals surface area contributed by atoms with Crippen LogP contribution in [0.2, 0.25) is 0 Å². The molecule has 3 aliphatic rings. The van der Waals surface area contributed by atoms with Gasteiger partial charge in [-0.25, -0.2) is 39.5 Å². The Balaban J connectivity index is 0.803. The smallest absolute Gasteiger partial charge is 0.294 e. The molecule has 3 atom stereocenters. The molecular weight excluding hydrogens is 1540 g/mol. The van der Waals surface area contributed by atoms with Crippen LogP contribution in [0.1, 0.15) is 59.2 Å². The fourth-order valence-corrected chi connectivity index (χ4v) is 15.6. The topological polar surface area (TPSA) is 254 Å². The second kappa shape index (κ2) is 25.8. The molecule has 107 heavy (non-hydrogen) atoms. The van der Waals surface area contributed by atoms with E-state index in [9.17, 15) is 51.9 Å². The summed E-state index contributed by atoms with van der Waals surface area (Å²) in [6.07, 6.45) is -4.23. The van der Waals surface area contributed by atoms with Crippen molar-refractivity contribution in [1.29, 1.82) is 0 Å². The highest BCUT2D eigenvalue weighted by atomic mass is 32.2. The Morgan fingerprint density at radius 3 is 1.34 bits per heavy atom. The molecule has 10 aromatic rings. The predicted molar refractivity (Wildman–Crippen MR) is 344 cm³/mol. The quantitative estimate of drug-likeness (QED) is 0.0398. The zero-order valence-electron chi connectivity index (χ0n) is 53.1. The molecule has 0 saturated carbocycles. The Kier molecular flexibility index (Phi) is 18.0. The van der Waals surface area contributed by atoms with E-state index in [2.05, 4.69) is 0 Å². The van der Waals surface area contributed by atoms with Gasteiger partial charge in [-0.2, -0.15) is 64.4 Å². The normalized spacial score (nSPS) is 17.9. The highest BCUT2D eigenvalue weighted by Gasteiger charge is 2.56.